The Bertz CT molecular complexity index is 932. The van der Waals surface area contributed by atoms with Crippen LogP contribution in [-0.4, -0.2) is 25.4 Å². The first-order valence-corrected chi connectivity index (χ1v) is 8.80. The normalized spacial score (nSPS) is 16.3. The smallest absolute Gasteiger partial charge is 0.343 e. The first-order valence-electron chi connectivity index (χ1n) is 8.43. The Morgan fingerprint density at radius 1 is 1.19 bits per heavy atom. The number of hydrogen-bond donors (Lipinski definition) is 0. The zero-order valence-electron chi connectivity index (χ0n) is 15.3. The molecular formula is C21H19ClFNO3. The third-order valence-corrected chi connectivity index (χ3v) is 5.07. The number of ether oxygens (including phenoxy) is 1. The van der Waals surface area contributed by atoms with Gasteiger partial charge in [-0.1, -0.05) is 49.7 Å². The second-order valence-electron chi connectivity index (χ2n) is 6.87. The molecule has 1 aliphatic heterocycles. The van der Waals surface area contributed by atoms with E-state index in [0.717, 1.165) is 23.0 Å². The third kappa shape index (κ3) is 3.47. The lowest BCUT2D eigenvalue weighted by Crippen LogP contribution is -2.25. The maximum Gasteiger partial charge on any atom is 0.343 e. The van der Waals surface area contributed by atoms with Crippen molar-refractivity contribution in [1.29, 1.82) is 0 Å². The van der Waals surface area contributed by atoms with Crippen LogP contribution in [0, 0.1) is 5.82 Å². The molecule has 6 heteroatoms. The van der Waals surface area contributed by atoms with Gasteiger partial charge >= 0.3 is 5.97 Å². The number of benzene rings is 2. The Labute approximate surface area is 162 Å². The van der Waals surface area contributed by atoms with E-state index in [-0.39, 0.29) is 16.0 Å². The number of esters is 1. The summed E-state index contributed by atoms with van der Waals surface area (Å²) < 4.78 is 18.7. The standard InChI is InChI=1S/C21H19ClFNO3/c1-21(2)14-7-4-5-10-17(14)24(3)18(21)11-13(25)12-27-20(26)19-15(22)8-6-9-16(19)23/h4-11H,12H2,1-3H3/b18-11+. The van der Waals surface area contributed by atoms with Crippen molar-refractivity contribution in [3.63, 3.8) is 0 Å². The number of carbonyl (C=O) groups excluding carboxylic acids is 2. The van der Waals surface area contributed by atoms with Crippen LogP contribution >= 0.6 is 11.6 Å². The summed E-state index contributed by atoms with van der Waals surface area (Å²) in [6.07, 6.45) is 1.47. The van der Waals surface area contributed by atoms with Crippen molar-refractivity contribution in [2.45, 2.75) is 19.3 Å². The molecule has 0 N–H and O–H groups in total. The molecule has 0 aromatic heterocycles. The van der Waals surface area contributed by atoms with Crippen molar-refractivity contribution in [2.24, 2.45) is 0 Å². The van der Waals surface area contributed by atoms with Gasteiger partial charge in [0.2, 0.25) is 0 Å². The zero-order chi connectivity index (χ0) is 19.8. The molecule has 2 aromatic rings. The average Bonchev–Trinajstić information content (AvgIpc) is 2.81. The second-order valence-corrected chi connectivity index (χ2v) is 7.28. The monoisotopic (exact) mass is 387 g/mol. The van der Waals surface area contributed by atoms with E-state index in [0.29, 0.717) is 0 Å². The van der Waals surface area contributed by atoms with Crippen LogP contribution in [0.1, 0.15) is 29.8 Å². The van der Waals surface area contributed by atoms with Crippen LogP contribution in [-0.2, 0) is 14.9 Å². The number of anilines is 1. The molecule has 0 amide bonds. The van der Waals surface area contributed by atoms with Crippen LogP contribution in [0.15, 0.2) is 54.2 Å². The van der Waals surface area contributed by atoms with Gasteiger partial charge in [0.25, 0.3) is 0 Å². The summed E-state index contributed by atoms with van der Waals surface area (Å²) in [6, 6.07) is 11.8. The van der Waals surface area contributed by atoms with Gasteiger partial charge in [0.15, 0.2) is 12.4 Å². The summed E-state index contributed by atoms with van der Waals surface area (Å²) in [7, 11) is 1.89. The molecule has 0 unspecified atom stereocenters. The maximum atomic E-state index is 13.8. The Balaban J connectivity index is 1.75. The molecule has 0 saturated carbocycles. The predicted octanol–water partition coefficient (Wildman–Crippen LogP) is 4.52. The molecule has 0 saturated heterocycles. The molecule has 1 heterocycles. The van der Waals surface area contributed by atoms with Gasteiger partial charge in [-0.3, -0.25) is 4.79 Å². The molecule has 140 valence electrons. The van der Waals surface area contributed by atoms with Gasteiger partial charge < -0.3 is 9.64 Å². The molecule has 0 fully saturated rings. The first-order chi connectivity index (χ1) is 12.7. The van der Waals surface area contributed by atoms with E-state index >= 15 is 0 Å². The molecule has 0 radical (unpaired) electrons. The minimum absolute atomic E-state index is 0.0575. The number of nitrogens with zero attached hydrogens (tertiary/aromatic N) is 1. The van der Waals surface area contributed by atoms with Crippen LogP contribution < -0.4 is 4.90 Å². The quantitative estimate of drug-likeness (QED) is 0.571. The molecule has 0 atom stereocenters. The van der Waals surface area contributed by atoms with Crippen molar-refractivity contribution < 1.29 is 18.7 Å². The first kappa shape index (κ1) is 19.1. The molecule has 1 aliphatic rings. The van der Waals surface area contributed by atoms with Crippen LogP contribution in [0.3, 0.4) is 0 Å². The van der Waals surface area contributed by atoms with E-state index in [1.165, 1.54) is 18.2 Å². The number of ketones is 1. The molecule has 3 rings (SSSR count). The maximum absolute atomic E-state index is 13.8. The van der Waals surface area contributed by atoms with Crippen molar-refractivity contribution in [1.82, 2.24) is 0 Å². The van der Waals surface area contributed by atoms with Gasteiger partial charge in [-0.05, 0) is 23.8 Å². The summed E-state index contributed by atoms with van der Waals surface area (Å²) >= 11 is 5.84. The van der Waals surface area contributed by atoms with Gasteiger partial charge in [-0.15, -0.1) is 0 Å². The van der Waals surface area contributed by atoms with Crippen LogP contribution in [0.5, 0.6) is 0 Å². The second kappa shape index (κ2) is 7.16. The number of allylic oxidation sites excluding steroid dienone is 1. The number of halogens is 2. The van der Waals surface area contributed by atoms with E-state index in [4.69, 9.17) is 16.3 Å². The summed E-state index contributed by atoms with van der Waals surface area (Å²) in [5, 5.41) is -0.0575. The SMILES string of the molecule is CN1/C(=C/C(=O)COC(=O)c2c(F)cccc2Cl)C(C)(C)c2ccccc21. The summed E-state index contributed by atoms with van der Waals surface area (Å²) in [5.41, 5.74) is 2.21. The highest BCUT2D eigenvalue weighted by atomic mass is 35.5. The molecule has 2 aromatic carbocycles. The fourth-order valence-corrected chi connectivity index (χ4v) is 3.59. The lowest BCUT2D eigenvalue weighted by molar-refractivity contribution is -0.117. The third-order valence-electron chi connectivity index (χ3n) is 4.75. The van der Waals surface area contributed by atoms with E-state index in [1.807, 2.05) is 50.1 Å². The van der Waals surface area contributed by atoms with Crippen molar-refractivity contribution in [3.8, 4) is 0 Å². The Kier molecular flexibility index (Phi) is 5.07. The summed E-state index contributed by atoms with van der Waals surface area (Å²) in [5.74, 6) is -2.14. The number of para-hydroxylation sites is 1. The number of likely N-dealkylation sites (N-methyl/N-ethyl adjacent to an activating group) is 1. The molecule has 27 heavy (non-hydrogen) atoms. The topological polar surface area (TPSA) is 46.6 Å². The molecular weight excluding hydrogens is 369 g/mol. The fraction of sp³-hybridized carbons (Fsp3) is 0.238. The number of carbonyl (C=O) groups is 2. The number of rotatable bonds is 4. The van der Waals surface area contributed by atoms with Gasteiger partial charge in [0.1, 0.15) is 11.4 Å². The fourth-order valence-electron chi connectivity index (χ4n) is 3.35. The van der Waals surface area contributed by atoms with Crippen molar-refractivity contribution in [2.75, 3.05) is 18.6 Å². The van der Waals surface area contributed by atoms with Crippen molar-refractivity contribution in [3.05, 3.63) is 76.2 Å². The highest BCUT2D eigenvalue weighted by Crippen LogP contribution is 2.46. The lowest BCUT2D eigenvalue weighted by atomic mass is 9.83. The summed E-state index contributed by atoms with van der Waals surface area (Å²) in [6.45, 7) is 3.56. The van der Waals surface area contributed by atoms with Crippen LogP contribution in [0.2, 0.25) is 5.02 Å². The molecule has 0 bridgehead atoms. The van der Waals surface area contributed by atoms with Crippen LogP contribution in [0.4, 0.5) is 10.1 Å². The molecule has 0 spiro atoms. The minimum Gasteiger partial charge on any atom is -0.454 e. The van der Waals surface area contributed by atoms with E-state index < -0.39 is 24.2 Å². The largest absolute Gasteiger partial charge is 0.454 e. The minimum atomic E-state index is -0.966. The zero-order valence-corrected chi connectivity index (χ0v) is 16.0. The van der Waals surface area contributed by atoms with E-state index in [9.17, 15) is 14.0 Å². The Morgan fingerprint density at radius 2 is 1.89 bits per heavy atom. The number of fused-ring (bicyclic) bond motifs is 1. The average molecular weight is 388 g/mol. The van der Waals surface area contributed by atoms with Gasteiger partial charge in [-0.2, -0.15) is 0 Å². The van der Waals surface area contributed by atoms with Gasteiger partial charge in [-0.25, -0.2) is 9.18 Å². The Morgan fingerprint density at radius 3 is 2.56 bits per heavy atom. The highest BCUT2D eigenvalue weighted by Gasteiger charge is 2.38. The predicted molar refractivity (Wildman–Crippen MR) is 103 cm³/mol. The summed E-state index contributed by atoms with van der Waals surface area (Å²) in [4.78, 5) is 26.4. The van der Waals surface area contributed by atoms with Crippen molar-refractivity contribution >= 4 is 29.0 Å². The van der Waals surface area contributed by atoms with Crippen LogP contribution in [0.25, 0.3) is 0 Å². The van der Waals surface area contributed by atoms with Gasteiger partial charge in [0, 0.05) is 29.9 Å². The lowest BCUT2D eigenvalue weighted by Gasteiger charge is -2.23. The number of hydrogen-bond acceptors (Lipinski definition) is 4. The van der Waals surface area contributed by atoms with E-state index in [2.05, 4.69) is 0 Å². The van der Waals surface area contributed by atoms with E-state index in [1.54, 1.807) is 0 Å². The molecule has 4 nitrogen and oxygen atoms in total. The highest BCUT2D eigenvalue weighted by molar-refractivity contribution is 6.33. The Hall–Kier alpha value is -2.66. The van der Waals surface area contributed by atoms with Gasteiger partial charge in [0.05, 0.1) is 5.02 Å². The molecule has 0 aliphatic carbocycles.